The molecule has 2 saturated heterocycles. The van der Waals surface area contributed by atoms with Gasteiger partial charge in [0.25, 0.3) is 0 Å². The van der Waals surface area contributed by atoms with Crippen LogP contribution in [0, 0.1) is 0 Å². The van der Waals surface area contributed by atoms with Crippen molar-refractivity contribution in [1.82, 2.24) is 9.88 Å². The maximum atomic E-state index is 10.9. The van der Waals surface area contributed by atoms with Crippen molar-refractivity contribution in [3.63, 3.8) is 0 Å². The van der Waals surface area contributed by atoms with Crippen LogP contribution in [0.1, 0.15) is 12.8 Å². The maximum absolute atomic E-state index is 10.9. The summed E-state index contributed by atoms with van der Waals surface area (Å²) in [7, 11) is 0. The van der Waals surface area contributed by atoms with E-state index >= 15 is 0 Å². The minimum Gasteiger partial charge on any atom is -0.473 e. The van der Waals surface area contributed by atoms with Gasteiger partial charge in [-0.1, -0.05) is 0 Å². The van der Waals surface area contributed by atoms with Gasteiger partial charge in [-0.3, -0.25) is 0 Å². The summed E-state index contributed by atoms with van der Waals surface area (Å²) >= 11 is 0. The molecule has 0 aliphatic carbocycles. The number of amides is 1. The van der Waals surface area contributed by atoms with E-state index in [0.717, 1.165) is 18.8 Å². The van der Waals surface area contributed by atoms with E-state index in [1.807, 2.05) is 12.1 Å². The number of aromatic nitrogens is 1. The molecule has 120 valence electrons. The van der Waals surface area contributed by atoms with E-state index in [1.54, 1.807) is 6.20 Å². The molecule has 3 rings (SSSR count). The predicted molar refractivity (Wildman–Crippen MR) is 80.5 cm³/mol. The number of morpholine rings is 1. The average molecular weight is 307 g/mol. The van der Waals surface area contributed by atoms with Gasteiger partial charge in [-0.05, 0) is 12.1 Å². The normalized spacial score (nSPS) is 20.0. The zero-order valence-electron chi connectivity index (χ0n) is 12.5. The number of carboxylic acid groups (broad SMARTS) is 1. The molecular weight excluding hydrogens is 286 g/mol. The van der Waals surface area contributed by atoms with Crippen molar-refractivity contribution in [2.75, 3.05) is 44.3 Å². The highest BCUT2D eigenvalue weighted by Crippen LogP contribution is 2.28. The zero-order valence-corrected chi connectivity index (χ0v) is 12.5. The molecule has 3 heterocycles. The molecule has 22 heavy (non-hydrogen) atoms. The Morgan fingerprint density at radius 2 is 2.00 bits per heavy atom. The van der Waals surface area contributed by atoms with Gasteiger partial charge >= 0.3 is 6.09 Å². The van der Waals surface area contributed by atoms with Crippen molar-refractivity contribution in [3.05, 3.63) is 18.3 Å². The first-order chi connectivity index (χ1) is 10.7. The fraction of sp³-hybridized carbons (Fsp3) is 0.600. The number of hydrogen-bond acceptors (Lipinski definition) is 5. The van der Waals surface area contributed by atoms with Crippen LogP contribution in [0.4, 0.5) is 10.5 Å². The molecule has 0 radical (unpaired) electrons. The number of rotatable bonds is 3. The number of hydrogen-bond donors (Lipinski definition) is 1. The number of nitrogens with zero attached hydrogens (tertiary/aromatic N) is 3. The van der Waals surface area contributed by atoms with Gasteiger partial charge in [0.2, 0.25) is 5.88 Å². The lowest BCUT2D eigenvalue weighted by Gasteiger charge is -2.33. The average Bonchev–Trinajstić information content (AvgIpc) is 2.57. The third-order valence-corrected chi connectivity index (χ3v) is 4.09. The van der Waals surface area contributed by atoms with Crippen molar-refractivity contribution in [2.45, 2.75) is 18.9 Å². The summed E-state index contributed by atoms with van der Waals surface area (Å²) in [5, 5.41) is 8.98. The molecule has 7 heteroatoms. The van der Waals surface area contributed by atoms with E-state index in [9.17, 15) is 4.79 Å². The smallest absolute Gasteiger partial charge is 0.407 e. The van der Waals surface area contributed by atoms with E-state index < -0.39 is 6.09 Å². The molecule has 1 aromatic heterocycles. The lowest BCUT2D eigenvalue weighted by molar-refractivity contribution is 0.0867. The number of ether oxygens (including phenoxy) is 2. The van der Waals surface area contributed by atoms with Gasteiger partial charge in [-0.15, -0.1) is 0 Å². The standard InChI is InChI=1S/C15H21N3O4/c19-15(20)18-6-3-12(4-7-18)22-14-13(2-1-5-16-14)17-8-10-21-11-9-17/h1-2,5,12H,3-4,6-11H2,(H,19,20). The number of anilines is 1. The summed E-state index contributed by atoms with van der Waals surface area (Å²) in [6, 6.07) is 3.92. The Labute approximate surface area is 129 Å². The van der Waals surface area contributed by atoms with Gasteiger partial charge in [0, 0.05) is 45.2 Å². The van der Waals surface area contributed by atoms with Crippen LogP contribution >= 0.6 is 0 Å². The summed E-state index contributed by atoms with van der Waals surface area (Å²) in [6.07, 6.45) is 2.29. The second kappa shape index (κ2) is 6.83. The highest BCUT2D eigenvalue weighted by atomic mass is 16.5. The number of likely N-dealkylation sites (tertiary alicyclic amines) is 1. The van der Waals surface area contributed by atoms with Gasteiger partial charge in [0.05, 0.1) is 13.2 Å². The van der Waals surface area contributed by atoms with Gasteiger partial charge in [-0.2, -0.15) is 0 Å². The highest BCUT2D eigenvalue weighted by Gasteiger charge is 2.25. The van der Waals surface area contributed by atoms with Crippen LogP contribution in [0.15, 0.2) is 18.3 Å². The van der Waals surface area contributed by atoms with Crippen molar-refractivity contribution in [1.29, 1.82) is 0 Å². The fourth-order valence-corrected chi connectivity index (χ4v) is 2.84. The fourth-order valence-electron chi connectivity index (χ4n) is 2.84. The minimum absolute atomic E-state index is 0.0188. The van der Waals surface area contributed by atoms with E-state index in [1.165, 1.54) is 4.90 Å². The molecule has 7 nitrogen and oxygen atoms in total. The number of carbonyl (C=O) groups is 1. The third kappa shape index (κ3) is 3.41. The zero-order chi connectivity index (χ0) is 15.4. The first-order valence-corrected chi connectivity index (χ1v) is 7.66. The Balaban J connectivity index is 1.64. The van der Waals surface area contributed by atoms with Gasteiger partial charge in [-0.25, -0.2) is 9.78 Å². The van der Waals surface area contributed by atoms with Crippen molar-refractivity contribution in [2.24, 2.45) is 0 Å². The van der Waals surface area contributed by atoms with Gasteiger partial charge < -0.3 is 24.4 Å². The van der Waals surface area contributed by atoms with Crippen LogP contribution < -0.4 is 9.64 Å². The molecule has 0 bridgehead atoms. The molecule has 0 atom stereocenters. The second-order valence-corrected chi connectivity index (χ2v) is 5.51. The summed E-state index contributed by atoms with van der Waals surface area (Å²) in [5.41, 5.74) is 0.992. The summed E-state index contributed by atoms with van der Waals surface area (Å²) in [4.78, 5) is 19.0. The summed E-state index contributed by atoms with van der Waals surface area (Å²) in [6.45, 7) is 4.12. The van der Waals surface area contributed by atoms with Crippen LogP contribution in [-0.2, 0) is 4.74 Å². The Morgan fingerprint density at radius 3 is 2.68 bits per heavy atom. The molecule has 1 aromatic rings. The Morgan fingerprint density at radius 1 is 1.27 bits per heavy atom. The minimum atomic E-state index is -0.856. The molecule has 2 aliphatic rings. The molecule has 0 aromatic carbocycles. The van der Waals surface area contributed by atoms with E-state index in [0.29, 0.717) is 45.0 Å². The van der Waals surface area contributed by atoms with Crippen molar-refractivity contribution < 1.29 is 19.4 Å². The van der Waals surface area contributed by atoms with Crippen LogP contribution in [0.3, 0.4) is 0 Å². The molecule has 1 N–H and O–H groups in total. The van der Waals surface area contributed by atoms with Crippen LogP contribution in [0.5, 0.6) is 5.88 Å². The lowest BCUT2D eigenvalue weighted by Crippen LogP contribution is -2.41. The highest BCUT2D eigenvalue weighted by molar-refractivity contribution is 5.65. The predicted octanol–water partition coefficient (Wildman–Crippen LogP) is 1.44. The van der Waals surface area contributed by atoms with Crippen molar-refractivity contribution >= 4 is 11.8 Å². The van der Waals surface area contributed by atoms with E-state index in [2.05, 4.69) is 9.88 Å². The molecule has 1 amide bonds. The lowest BCUT2D eigenvalue weighted by atomic mass is 10.1. The van der Waals surface area contributed by atoms with Crippen LogP contribution in [-0.4, -0.2) is 66.6 Å². The van der Waals surface area contributed by atoms with E-state index in [4.69, 9.17) is 14.6 Å². The topological polar surface area (TPSA) is 75.1 Å². The first-order valence-electron chi connectivity index (χ1n) is 7.66. The van der Waals surface area contributed by atoms with Gasteiger partial charge in [0.1, 0.15) is 11.8 Å². The summed E-state index contributed by atoms with van der Waals surface area (Å²) in [5.74, 6) is 0.637. The first kappa shape index (κ1) is 14.9. The Kier molecular flexibility index (Phi) is 4.62. The summed E-state index contributed by atoms with van der Waals surface area (Å²) < 4.78 is 11.4. The molecule has 0 spiro atoms. The molecular formula is C15H21N3O4. The molecule has 0 saturated carbocycles. The van der Waals surface area contributed by atoms with Crippen LogP contribution in [0.25, 0.3) is 0 Å². The second-order valence-electron chi connectivity index (χ2n) is 5.51. The largest absolute Gasteiger partial charge is 0.473 e. The maximum Gasteiger partial charge on any atom is 0.407 e. The Bertz CT molecular complexity index is 511. The molecule has 2 fully saturated rings. The third-order valence-electron chi connectivity index (χ3n) is 4.09. The number of pyridine rings is 1. The molecule has 0 unspecified atom stereocenters. The monoisotopic (exact) mass is 307 g/mol. The van der Waals surface area contributed by atoms with E-state index in [-0.39, 0.29) is 6.10 Å². The van der Waals surface area contributed by atoms with Crippen molar-refractivity contribution in [3.8, 4) is 5.88 Å². The molecule has 2 aliphatic heterocycles. The van der Waals surface area contributed by atoms with Gasteiger partial charge in [0.15, 0.2) is 0 Å². The number of piperidine rings is 1. The SMILES string of the molecule is O=C(O)N1CCC(Oc2ncccc2N2CCOCC2)CC1. The Hall–Kier alpha value is -2.02. The quantitative estimate of drug-likeness (QED) is 0.911. The van der Waals surface area contributed by atoms with Crippen LogP contribution in [0.2, 0.25) is 0 Å².